The second kappa shape index (κ2) is 7.25. The second-order valence-electron chi connectivity index (χ2n) is 5.58. The number of aromatic hydroxyl groups is 1. The molecule has 3 nitrogen and oxygen atoms in total. The SMILES string of the molecule is C[C@H](Cc1ccccc1)N[C@H](C)[C@@H](O)c1ccc(O)cc1. The van der Waals surface area contributed by atoms with Gasteiger partial charge in [-0.15, -0.1) is 0 Å². The van der Waals surface area contributed by atoms with E-state index in [0.717, 1.165) is 12.0 Å². The number of phenols is 1. The fraction of sp³-hybridized carbons (Fsp3) is 0.333. The van der Waals surface area contributed by atoms with Crippen molar-refractivity contribution < 1.29 is 10.2 Å². The molecule has 0 aliphatic heterocycles. The average molecular weight is 285 g/mol. The number of aliphatic hydroxyl groups is 1. The highest BCUT2D eigenvalue weighted by molar-refractivity contribution is 5.28. The van der Waals surface area contributed by atoms with Gasteiger partial charge in [0.25, 0.3) is 0 Å². The first kappa shape index (κ1) is 15.5. The Morgan fingerprint density at radius 2 is 1.57 bits per heavy atom. The van der Waals surface area contributed by atoms with E-state index in [-0.39, 0.29) is 17.8 Å². The molecular formula is C18H23NO2. The highest BCUT2D eigenvalue weighted by Crippen LogP contribution is 2.20. The molecule has 0 unspecified atom stereocenters. The van der Waals surface area contributed by atoms with Gasteiger partial charge in [-0.05, 0) is 43.5 Å². The van der Waals surface area contributed by atoms with Crippen molar-refractivity contribution in [3.8, 4) is 5.75 Å². The lowest BCUT2D eigenvalue weighted by atomic mass is 10.0. The van der Waals surface area contributed by atoms with Gasteiger partial charge in [0.1, 0.15) is 5.75 Å². The predicted octanol–water partition coefficient (Wildman–Crippen LogP) is 3.03. The van der Waals surface area contributed by atoms with Crippen LogP contribution in [-0.4, -0.2) is 22.3 Å². The van der Waals surface area contributed by atoms with Crippen LogP contribution < -0.4 is 5.32 Å². The van der Waals surface area contributed by atoms with Crippen molar-refractivity contribution in [2.45, 2.75) is 38.5 Å². The van der Waals surface area contributed by atoms with Gasteiger partial charge in [-0.2, -0.15) is 0 Å². The van der Waals surface area contributed by atoms with Gasteiger partial charge in [0.15, 0.2) is 0 Å². The number of phenolic OH excluding ortho intramolecular Hbond substituents is 1. The molecule has 0 aliphatic carbocycles. The Balaban J connectivity index is 1.91. The molecule has 0 spiro atoms. The number of benzene rings is 2. The first-order chi connectivity index (χ1) is 10.1. The molecule has 3 N–H and O–H groups in total. The quantitative estimate of drug-likeness (QED) is 0.764. The van der Waals surface area contributed by atoms with Gasteiger partial charge in [-0.3, -0.25) is 0 Å². The minimum atomic E-state index is -0.594. The van der Waals surface area contributed by atoms with Crippen LogP contribution in [0.5, 0.6) is 5.75 Å². The molecule has 0 heterocycles. The molecule has 2 aromatic carbocycles. The Hall–Kier alpha value is -1.84. The molecule has 0 radical (unpaired) electrons. The van der Waals surface area contributed by atoms with Crippen LogP contribution in [0.3, 0.4) is 0 Å². The molecule has 2 aromatic rings. The van der Waals surface area contributed by atoms with Gasteiger partial charge < -0.3 is 15.5 Å². The number of hydrogen-bond acceptors (Lipinski definition) is 3. The first-order valence-corrected chi connectivity index (χ1v) is 7.33. The summed E-state index contributed by atoms with van der Waals surface area (Å²) in [7, 11) is 0. The summed E-state index contributed by atoms with van der Waals surface area (Å²) in [5.74, 6) is 0.212. The van der Waals surface area contributed by atoms with Gasteiger partial charge in [-0.1, -0.05) is 42.5 Å². The molecule has 0 aromatic heterocycles. The van der Waals surface area contributed by atoms with Crippen LogP contribution in [0.15, 0.2) is 54.6 Å². The monoisotopic (exact) mass is 285 g/mol. The third kappa shape index (κ3) is 4.59. The summed E-state index contributed by atoms with van der Waals surface area (Å²) in [5, 5.41) is 23.1. The fourth-order valence-corrected chi connectivity index (χ4v) is 2.53. The molecule has 112 valence electrons. The number of hydrogen-bond donors (Lipinski definition) is 3. The number of rotatable bonds is 6. The largest absolute Gasteiger partial charge is 0.508 e. The normalized spacial score (nSPS) is 15.4. The van der Waals surface area contributed by atoms with Crippen LogP contribution in [0.4, 0.5) is 0 Å². The van der Waals surface area contributed by atoms with E-state index in [2.05, 4.69) is 24.4 Å². The lowest BCUT2D eigenvalue weighted by Gasteiger charge is -2.25. The molecule has 0 saturated carbocycles. The van der Waals surface area contributed by atoms with E-state index < -0.39 is 6.10 Å². The molecule has 0 amide bonds. The summed E-state index contributed by atoms with van der Waals surface area (Å²) in [6.07, 6.45) is 0.330. The molecule has 3 atom stereocenters. The lowest BCUT2D eigenvalue weighted by Crippen LogP contribution is -2.39. The van der Waals surface area contributed by atoms with Crippen molar-refractivity contribution in [1.29, 1.82) is 0 Å². The van der Waals surface area contributed by atoms with Crippen molar-refractivity contribution >= 4 is 0 Å². The maximum Gasteiger partial charge on any atom is 0.115 e. The topological polar surface area (TPSA) is 52.5 Å². The van der Waals surface area contributed by atoms with Crippen molar-refractivity contribution in [1.82, 2.24) is 5.32 Å². The van der Waals surface area contributed by atoms with Crippen LogP contribution in [0, 0.1) is 0 Å². The van der Waals surface area contributed by atoms with Gasteiger partial charge in [0.05, 0.1) is 6.10 Å². The Bertz CT molecular complexity index is 539. The highest BCUT2D eigenvalue weighted by atomic mass is 16.3. The summed E-state index contributed by atoms with van der Waals surface area (Å²) >= 11 is 0. The Kier molecular flexibility index (Phi) is 5.37. The van der Waals surface area contributed by atoms with Crippen molar-refractivity contribution in [2.24, 2.45) is 0 Å². The van der Waals surface area contributed by atoms with E-state index >= 15 is 0 Å². The Morgan fingerprint density at radius 3 is 2.19 bits per heavy atom. The van der Waals surface area contributed by atoms with Gasteiger partial charge >= 0.3 is 0 Å². The molecule has 2 rings (SSSR count). The summed E-state index contributed by atoms with van der Waals surface area (Å²) in [5.41, 5.74) is 2.09. The molecule has 21 heavy (non-hydrogen) atoms. The Labute approximate surface area is 126 Å². The molecule has 3 heteroatoms. The van der Waals surface area contributed by atoms with Gasteiger partial charge in [0, 0.05) is 12.1 Å². The predicted molar refractivity (Wildman–Crippen MR) is 85.3 cm³/mol. The zero-order chi connectivity index (χ0) is 15.2. The van der Waals surface area contributed by atoms with E-state index in [0.29, 0.717) is 0 Å². The van der Waals surface area contributed by atoms with Crippen LogP contribution in [0.2, 0.25) is 0 Å². The van der Waals surface area contributed by atoms with Gasteiger partial charge in [-0.25, -0.2) is 0 Å². The minimum absolute atomic E-state index is 0.0618. The summed E-state index contributed by atoms with van der Waals surface area (Å²) in [6, 6.07) is 17.2. The maximum atomic E-state index is 10.4. The van der Waals surface area contributed by atoms with Crippen molar-refractivity contribution in [3.05, 3.63) is 65.7 Å². The third-order valence-electron chi connectivity index (χ3n) is 3.64. The van der Waals surface area contributed by atoms with Crippen molar-refractivity contribution in [2.75, 3.05) is 0 Å². The zero-order valence-corrected chi connectivity index (χ0v) is 12.5. The molecule has 0 saturated heterocycles. The lowest BCUT2D eigenvalue weighted by molar-refractivity contribution is 0.130. The maximum absolute atomic E-state index is 10.4. The van der Waals surface area contributed by atoms with Crippen LogP contribution >= 0.6 is 0 Å². The smallest absolute Gasteiger partial charge is 0.115 e. The Morgan fingerprint density at radius 1 is 0.952 bits per heavy atom. The van der Waals surface area contributed by atoms with Crippen LogP contribution in [0.1, 0.15) is 31.1 Å². The summed E-state index contributed by atoms with van der Waals surface area (Å²) in [4.78, 5) is 0. The standard InChI is InChI=1S/C18H23NO2/c1-13(12-15-6-4-3-5-7-15)19-14(2)18(21)16-8-10-17(20)11-9-16/h3-11,13-14,18-21H,12H2,1-2H3/t13-,14-,18-/m1/s1. The third-order valence-corrected chi connectivity index (χ3v) is 3.64. The van der Waals surface area contributed by atoms with E-state index in [1.807, 2.05) is 25.1 Å². The molecule has 0 fully saturated rings. The first-order valence-electron chi connectivity index (χ1n) is 7.33. The second-order valence-corrected chi connectivity index (χ2v) is 5.58. The van der Waals surface area contributed by atoms with Crippen molar-refractivity contribution in [3.63, 3.8) is 0 Å². The van der Waals surface area contributed by atoms with Crippen LogP contribution in [-0.2, 0) is 6.42 Å². The van der Waals surface area contributed by atoms with E-state index in [9.17, 15) is 10.2 Å². The van der Waals surface area contributed by atoms with Gasteiger partial charge in [0.2, 0.25) is 0 Å². The number of nitrogens with one attached hydrogen (secondary N) is 1. The van der Waals surface area contributed by atoms with E-state index in [1.54, 1.807) is 24.3 Å². The zero-order valence-electron chi connectivity index (χ0n) is 12.5. The average Bonchev–Trinajstić information content (AvgIpc) is 2.48. The highest BCUT2D eigenvalue weighted by Gasteiger charge is 2.18. The molecule has 0 bridgehead atoms. The molecule has 0 aliphatic rings. The summed E-state index contributed by atoms with van der Waals surface area (Å²) < 4.78 is 0. The number of aliphatic hydroxyl groups excluding tert-OH is 1. The molecular weight excluding hydrogens is 262 g/mol. The van der Waals surface area contributed by atoms with E-state index in [1.165, 1.54) is 5.56 Å². The summed E-state index contributed by atoms with van der Waals surface area (Å²) in [6.45, 7) is 4.09. The minimum Gasteiger partial charge on any atom is -0.508 e. The van der Waals surface area contributed by atoms with Crippen LogP contribution in [0.25, 0.3) is 0 Å². The van der Waals surface area contributed by atoms with E-state index in [4.69, 9.17) is 0 Å². The fourth-order valence-electron chi connectivity index (χ4n) is 2.53.